The van der Waals surface area contributed by atoms with Gasteiger partial charge in [0.05, 0.1) is 0 Å². The van der Waals surface area contributed by atoms with E-state index < -0.39 is 0 Å². The molecule has 4 heteroatoms. The minimum atomic E-state index is 0.583. The molecular weight excluding hydrogens is 260 g/mol. The van der Waals surface area contributed by atoms with Gasteiger partial charge in [-0.05, 0) is 32.2 Å². The van der Waals surface area contributed by atoms with Crippen molar-refractivity contribution in [3.05, 3.63) is 54.3 Å². The summed E-state index contributed by atoms with van der Waals surface area (Å²) in [6, 6.07) is 7.94. The van der Waals surface area contributed by atoms with E-state index in [1.54, 1.807) is 0 Å². The third kappa shape index (κ3) is 3.95. The number of piperazine rings is 1. The van der Waals surface area contributed by atoms with Crippen molar-refractivity contribution in [3.8, 4) is 0 Å². The molecule has 1 aromatic carbocycles. The molecule has 1 heterocycles. The molecule has 1 aliphatic heterocycles. The molecule has 4 nitrogen and oxygen atoms in total. The molecular formula is C17H24N4. The highest BCUT2D eigenvalue weighted by Crippen LogP contribution is 2.19. The predicted octanol–water partition coefficient (Wildman–Crippen LogP) is 2.76. The number of nitrogens with zero attached hydrogens (tertiary/aromatic N) is 2. The molecule has 0 bridgehead atoms. The molecule has 0 spiro atoms. The summed E-state index contributed by atoms with van der Waals surface area (Å²) in [5.74, 6) is 0.583. The molecule has 2 rings (SSSR count). The molecule has 1 aliphatic rings. The maximum absolute atomic E-state index is 8.50. The quantitative estimate of drug-likeness (QED) is 0.507. The van der Waals surface area contributed by atoms with Crippen LogP contribution in [0.2, 0.25) is 0 Å². The first kappa shape index (κ1) is 15.3. The maximum Gasteiger partial charge on any atom is 0.130 e. The average molecular weight is 284 g/mol. The van der Waals surface area contributed by atoms with Gasteiger partial charge in [0.15, 0.2) is 0 Å². The van der Waals surface area contributed by atoms with Gasteiger partial charge in [0.1, 0.15) is 5.84 Å². The van der Waals surface area contributed by atoms with Gasteiger partial charge in [0.25, 0.3) is 0 Å². The van der Waals surface area contributed by atoms with Crippen LogP contribution in [0.4, 0.5) is 5.69 Å². The minimum Gasteiger partial charge on any atom is -0.355 e. The highest BCUT2D eigenvalue weighted by Gasteiger charge is 2.19. The molecule has 1 fully saturated rings. The van der Waals surface area contributed by atoms with Gasteiger partial charge in [-0.1, -0.05) is 24.8 Å². The van der Waals surface area contributed by atoms with Gasteiger partial charge in [0.2, 0.25) is 0 Å². The van der Waals surface area contributed by atoms with Crippen molar-refractivity contribution in [2.24, 2.45) is 0 Å². The number of likely N-dealkylation sites (N-methyl/N-ethyl adjacent to an activating group) is 1. The highest BCUT2D eigenvalue weighted by molar-refractivity contribution is 6.01. The SMILES string of the molecule is C=C(/C=C/C)Nc1ccccc1C(=N)N1CCN(C)CC1. The van der Waals surface area contributed by atoms with Crippen LogP contribution >= 0.6 is 0 Å². The molecule has 0 unspecified atom stereocenters. The molecule has 1 saturated heterocycles. The highest BCUT2D eigenvalue weighted by atomic mass is 15.3. The fourth-order valence-electron chi connectivity index (χ4n) is 2.41. The van der Waals surface area contributed by atoms with Gasteiger partial charge in [-0.15, -0.1) is 0 Å². The van der Waals surface area contributed by atoms with Gasteiger partial charge in [-0.2, -0.15) is 0 Å². The van der Waals surface area contributed by atoms with Crippen LogP contribution in [0.3, 0.4) is 0 Å². The van der Waals surface area contributed by atoms with Crippen molar-refractivity contribution < 1.29 is 0 Å². The van der Waals surface area contributed by atoms with Crippen molar-refractivity contribution in [1.29, 1.82) is 5.41 Å². The summed E-state index contributed by atoms with van der Waals surface area (Å²) in [5.41, 5.74) is 2.69. The van der Waals surface area contributed by atoms with Crippen molar-refractivity contribution >= 4 is 11.5 Å². The van der Waals surface area contributed by atoms with Gasteiger partial charge in [-0.25, -0.2) is 0 Å². The smallest absolute Gasteiger partial charge is 0.130 e. The van der Waals surface area contributed by atoms with Crippen LogP contribution in [-0.2, 0) is 0 Å². The van der Waals surface area contributed by atoms with Crippen LogP contribution in [-0.4, -0.2) is 48.9 Å². The Morgan fingerprint density at radius 3 is 2.57 bits per heavy atom. The van der Waals surface area contributed by atoms with Crippen LogP contribution in [0, 0.1) is 5.41 Å². The molecule has 0 radical (unpaired) electrons. The summed E-state index contributed by atoms with van der Waals surface area (Å²) in [6.07, 6.45) is 3.87. The Bertz CT molecular complexity index is 539. The average Bonchev–Trinajstić information content (AvgIpc) is 2.48. The van der Waals surface area contributed by atoms with E-state index in [4.69, 9.17) is 5.41 Å². The molecule has 21 heavy (non-hydrogen) atoms. The van der Waals surface area contributed by atoms with E-state index in [0.29, 0.717) is 5.84 Å². The monoisotopic (exact) mass is 284 g/mol. The van der Waals surface area contributed by atoms with Crippen molar-refractivity contribution in [2.75, 3.05) is 38.5 Å². The van der Waals surface area contributed by atoms with Crippen LogP contribution in [0.1, 0.15) is 12.5 Å². The first-order valence-electron chi connectivity index (χ1n) is 7.32. The molecule has 0 aliphatic carbocycles. The third-order valence-electron chi connectivity index (χ3n) is 3.66. The Kier molecular flexibility index (Phi) is 5.17. The Morgan fingerprint density at radius 2 is 1.90 bits per heavy atom. The summed E-state index contributed by atoms with van der Waals surface area (Å²) in [6.45, 7) is 9.75. The van der Waals surface area contributed by atoms with E-state index in [2.05, 4.69) is 28.7 Å². The second kappa shape index (κ2) is 7.09. The molecule has 0 atom stereocenters. The third-order valence-corrected chi connectivity index (χ3v) is 3.66. The number of para-hydroxylation sites is 1. The lowest BCUT2D eigenvalue weighted by atomic mass is 10.1. The Balaban J connectivity index is 2.15. The lowest BCUT2D eigenvalue weighted by Crippen LogP contribution is -2.47. The van der Waals surface area contributed by atoms with E-state index in [0.717, 1.165) is 43.1 Å². The zero-order valence-corrected chi connectivity index (χ0v) is 12.9. The molecule has 0 aromatic heterocycles. The first-order chi connectivity index (χ1) is 10.1. The van der Waals surface area contributed by atoms with E-state index in [-0.39, 0.29) is 0 Å². The van der Waals surface area contributed by atoms with Crippen LogP contribution < -0.4 is 5.32 Å². The second-order valence-electron chi connectivity index (χ2n) is 5.33. The Labute approximate surface area is 127 Å². The zero-order valence-electron chi connectivity index (χ0n) is 12.9. The summed E-state index contributed by atoms with van der Waals surface area (Å²) >= 11 is 0. The zero-order chi connectivity index (χ0) is 15.2. The van der Waals surface area contributed by atoms with E-state index in [1.807, 2.05) is 43.3 Å². The van der Waals surface area contributed by atoms with Crippen molar-refractivity contribution in [3.63, 3.8) is 0 Å². The molecule has 112 valence electrons. The fourth-order valence-corrected chi connectivity index (χ4v) is 2.41. The minimum absolute atomic E-state index is 0.583. The maximum atomic E-state index is 8.50. The van der Waals surface area contributed by atoms with E-state index in [1.165, 1.54) is 0 Å². The van der Waals surface area contributed by atoms with Gasteiger partial charge >= 0.3 is 0 Å². The number of amidine groups is 1. The summed E-state index contributed by atoms with van der Waals surface area (Å²) in [7, 11) is 2.12. The molecule has 1 aromatic rings. The van der Waals surface area contributed by atoms with Crippen LogP contribution in [0.15, 0.2) is 48.7 Å². The van der Waals surface area contributed by atoms with Gasteiger partial charge in [0, 0.05) is 43.1 Å². The summed E-state index contributed by atoms with van der Waals surface area (Å²) < 4.78 is 0. The van der Waals surface area contributed by atoms with Crippen molar-refractivity contribution in [2.45, 2.75) is 6.92 Å². The predicted molar refractivity (Wildman–Crippen MR) is 89.9 cm³/mol. The number of allylic oxidation sites excluding steroid dienone is 2. The Morgan fingerprint density at radius 1 is 1.24 bits per heavy atom. The van der Waals surface area contributed by atoms with Gasteiger partial charge in [-0.3, -0.25) is 5.41 Å². The van der Waals surface area contributed by atoms with E-state index in [9.17, 15) is 0 Å². The number of anilines is 1. The lowest BCUT2D eigenvalue weighted by Gasteiger charge is -2.34. The first-order valence-corrected chi connectivity index (χ1v) is 7.32. The summed E-state index contributed by atoms with van der Waals surface area (Å²) in [5, 5.41) is 11.8. The van der Waals surface area contributed by atoms with E-state index >= 15 is 0 Å². The van der Waals surface area contributed by atoms with Crippen molar-refractivity contribution in [1.82, 2.24) is 9.80 Å². The molecule has 2 N–H and O–H groups in total. The second-order valence-corrected chi connectivity index (χ2v) is 5.33. The molecule has 0 amide bonds. The van der Waals surface area contributed by atoms with Crippen LogP contribution in [0.25, 0.3) is 0 Å². The summed E-state index contributed by atoms with van der Waals surface area (Å²) in [4.78, 5) is 4.43. The largest absolute Gasteiger partial charge is 0.355 e. The standard InChI is InChI=1S/C17H24N4/c1-4-7-14(2)19-16-9-6-5-8-15(16)17(18)21-12-10-20(3)11-13-21/h4-9,18-19H,2,10-13H2,1,3H3/b7-4+,18-17?. The molecule has 0 saturated carbocycles. The fraction of sp³-hybridized carbons (Fsp3) is 0.353. The number of nitrogens with one attached hydrogen (secondary N) is 2. The van der Waals surface area contributed by atoms with Gasteiger partial charge < -0.3 is 15.1 Å². The number of benzene rings is 1. The lowest BCUT2D eigenvalue weighted by molar-refractivity contribution is 0.215. The topological polar surface area (TPSA) is 42.4 Å². The van der Waals surface area contributed by atoms with Crippen LogP contribution in [0.5, 0.6) is 0 Å². The Hall–Kier alpha value is -2.07. The number of rotatable bonds is 4. The number of hydrogen-bond donors (Lipinski definition) is 2. The normalized spacial score (nSPS) is 16.2. The number of hydrogen-bond acceptors (Lipinski definition) is 3.